The van der Waals surface area contributed by atoms with Crippen molar-refractivity contribution in [2.45, 2.75) is 217 Å². The van der Waals surface area contributed by atoms with Crippen LogP contribution >= 0.6 is 7.60 Å². The largest absolute Gasteiger partial charge is 0.486 e. The molecule has 0 spiro atoms. The number of benzene rings is 3. The van der Waals surface area contributed by atoms with Gasteiger partial charge in [0.05, 0.1) is 185 Å². The van der Waals surface area contributed by atoms with E-state index in [1.807, 2.05) is 67.5 Å². The molecular weight excluding hydrogens is 1920 g/mol. The summed E-state index contributed by atoms with van der Waals surface area (Å²) in [6.07, 6.45) is 3.14. The van der Waals surface area contributed by atoms with Crippen molar-refractivity contribution in [2.75, 3.05) is 182 Å². The van der Waals surface area contributed by atoms with Crippen molar-refractivity contribution in [3.8, 4) is 5.75 Å². The first-order valence-corrected chi connectivity index (χ1v) is 52.9. The summed E-state index contributed by atoms with van der Waals surface area (Å²) in [6, 6.07) is 18.1. The maximum absolute atomic E-state index is 18.2. The third-order valence-corrected chi connectivity index (χ3v) is 29.0. The van der Waals surface area contributed by atoms with Gasteiger partial charge in [0.15, 0.2) is 29.1 Å². The lowest BCUT2D eigenvalue weighted by Crippen LogP contribution is -2.71. The molecule has 0 bridgehead atoms. The highest BCUT2D eigenvalue weighted by atomic mass is 31.2. The number of ether oxygens (including phenoxy) is 13. The number of fused-ring (bicyclic) bond motifs is 9. The number of nitrogens with one attached hydrogen (secondary N) is 10. The van der Waals surface area contributed by atoms with Crippen LogP contribution in [-0.4, -0.2) is 304 Å². The topological polar surface area (TPSA) is 547 Å². The minimum absolute atomic E-state index is 0.0226. The zero-order valence-electron chi connectivity index (χ0n) is 84.7. The highest BCUT2D eigenvalue weighted by Gasteiger charge is 2.80. The van der Waals surface area contributed by atoms with E-state index in [1.54, 1.807) is 25.7 Å². The lowest BCUT2D eigenvalue weighted by atomic mass is 9.44. The molecule has 0 radical (unpaired) electrons. The normalized spacial score (nSPS) is 24.1. The van der Waals surface area contributed by atoms with Crippen molar-refractivity contribution in [3.63, 3.8) is 0 Å². The Bertz CT molecular complexity index is 5000. The number of carbonyl (C=O) groups excluding carboxylic acids is 10. The fourth-order valence-electron chi connectivity index (χ4n) is 20.8. The number of nitrogens with two attached hydrogens (primary N) is 2. The molecule has 2 unspecified atom stereocenters. The van der Waals surface area contributed by atoms with Crippen LogP contribution in [0.5, 0.6) is 5.75 Å². The van der Waals surface area contributed by atoms with Crippen LogP contribution in [0.25, 0.3) is 11.4 Å². The molecule has 0 aromatic heterocycles. The number of unbranched alkanes of at least 4 members (excludes halogenated alkanes) is 1. The molecule has 3 heterocycles. The van der Waals surface area contributed by atoms with Gasteiger partial charge in [-0.25, -0.2) is 13.6 Å². The summed E-state index contributed by atoms with van der Waals surface area (Å²) < 4.78 is 122. The molecule has 4 fully saturated rings. The van der Waals surface area contributed by atoms with Gasteiger partial charge < -0.3 is 135 Å². The van der Waals surface area contributed by atoms with E-state index >= 15 is 13.6 Å². The Labute approximate surface area is 851 Å². The van der Waals surface area contributed by atoms with Crippen molar-refractivity contribution in [1.29, 1.82) is 0 Å². The third kappa shape index (κ3) is 31.9. The Morgan fingerprint density at radius 3 is 1.97 bits per heavy atom. The molecule has 8 aliphatic rings. The molecule has 11 rings (SSSR count). The molecular formula is C102H151F2N14O27P. The van der Waals surface area contributed by atoms with Gasteiger partial charge in [-0.15, -0.1) is 5.53 Å². The van der Waals surface area contributed by atoms with Gasteiger partial charge in [-0.2, -0.15) is 0 Å². The number of hydrogen-bond acceptors (Lipinski definition) is 31. The van der Waals surface area contributed by atoms with Gasteiger partial charge in [0.2, 0.25) is 41.2 Å². The number of primary amides is 1. The second-order valence-corrected chi connectivity index (χ2v) is 40.2. The van der Waals surface area contributed by atoms with E-state index in [0.717, 1.165) is 65.5 Å². The first-order valence-electron chi connectivity index (χ1n) is 51.1. The maximum Gasteiger partial charge on any atom is 0.327 e. The van der Waals surface area contributed by atoms with Crippen molar-refractivity contribution < 1.29 is 138 Å². The molecule has 1 saturated heterocycles. The molecule has 3 saturated carbocycles. The van der Waals surface area contributed by atoms with Gasteiger partial charge in [-0.1, -0.05) is 95.5 Å². The lowest BCUT2D eigenvalue weighted by Gasteiger charge is -2.63. The first-order chi connectivity index (χ1) is 70.3. The van der Waals surface area contributed by atoms with Gasteiger partial charge >= 0.3 is 13.6 Å². The number of nitrogens with zero attached hydrogens (tertiary/aromatic N) is 2. The number of urea groups is 1. The van der Waals surface area contributed by atoms with Crippen LogP contribution in [0, 0.1) is 34.5 Å². The second kappa shape index (κ2) is 57.8. The standard InChI is InChI=1S/C102H151F2N14O27P/c1-7-18-91-144-86-62-75-76-61-78(103)77-60-71(119)33-35-99(77,4)101(76,104)84(121)63-100(75,5)102(86,145-91)85(122)65-142-72-29-27-70(28-30-72)111-96(127)68(20-17-37-110-98(105)129)59-82(120)92(67(2)3)113-97(128)79(23-15-16-36-108-89(125)66-143-83-26-10-8-9-25-81-95(83)115-116-118(81)39-42-135-45-48-138-51-52-139-53-54-140-55-56-141-57-58-146(130,131)132)112-88(124)34-40-133-43-46-136-49-50-137-47-44-134-41-38-109-87(123)31-32-90(126)117-64-69-19-11-12-21-73(69)93(107-6)94(114-106)74-22-13-14-24-80(74)117/h11-14,19,21-22,24,27-30,33,35,60,67-68,75-76,78-79,83-84,86,91-92,107,114-116,121H,7-10,15-18,20,23,25-26,31-32,34,36-59,61-66,106H2,1-6H3,(H,108,125)(H,109,123)(H,111,127)(H,112,124)(H,113,128)(H3,105,110,129)(H2,130,131,132)/b94-93-/t68-,75+,76+,78+,79-,83?,84+,86-,91?,92+,99+,100+,101+,102-/m1/s1. The molecule has 146 heavy (non-hydrogen) atoms. The van der Waals surface area contributed by atoms with Crippen LogP contribution < -0.4 is 74.8 Å². The number of aliphatic hydroxyl groups excluding tert-OH is 1. The first kappa shape index (κ1) is 116. The number of para-hydroxylation sites is 1. The monoisotopic (exact) mass is 2070 g/mol. The van der Waals surface area contributed by atoms with Crippen LogP contribution in [-0.2, 0) is 111 Å². The molecule has 3 aromatic carbocycles. The van der Waals surface area contributed by atoms with E-state index in [1.165, 1.54) is 43.3 Å². The average Bonchev–Trinajstić information content (AvgIpc) is 1.47. The van der Waals surface area contributed by atoms with E-state index in [2.05, 4.69) is 53.6 Å². The predicted molar refractivity (Wildman–Crippen MR) is 534 cm³/mol. The number of hydrogen-bond donors (Lipinski definition) is 15. The van der Waals surface area contributed by atoms with Gasteiger partial charge in [0, 0.05) is 91.8 Å². The van der Waals surface area contributed by atoms with Crippen molar-refractivity contribution in [3.05, 3.63) is 125 Å². The Kier molecular flexibility index (Phi) is 46.1. The number of halogens is 2. The van der Waals surface area contributed by atoms with E-state index in [9.17, 15) is 52.8 Å². The summed E-state index contributed by atoms with van der Waals surface area (Å²) in [4.78, 5) is 157. The smallest absolute Gasteiger partial charge is 0.327 e. The van der Waals surface area contributed by atoms with E-state index in [-0.39, 0.29) is 211 Å². The zero-order chi connectivity index (χ0) is 105. The third-order valence-electron chi connectivity index (χ3n) is 28.2. The van der Waals surface area contributed by atoms with Gasteiger partial charge in [0.1, 0.15) is 37.3 Å². The molecule has 3 aliphatic heterocycles. The van der Waals surface area contributed by atoms with Crippen LogP contribution in [0.3, 0.4) is 0 Å². The van der Waals surface area contributed by atoms with Crippen molar-refractivity contribution in [1.82, 2.24) is 53.3 Å². The molecule has 44 heteroatoms. The second-order valence-electron chi connectivity index (χ2n) is 38.5. The number of carbonyl (C=O) groups is 10. The molecule has 3 aromatic rings. The van der Waals surface area contributed by atoms with E-state index in [0.29, 0.717) is 96.3 Å². The molecule has 14 atom stereocenters. The number of aliphatic hydroxyl groups is 1. The Morgan fingerprint density at radius 2 is 1.32 bits per heavy atom. The molecule has 810 valence electrons. The summed E-state index contributed by atoms with van der Waals surface area (Å²) in [5, 5.41) is 34.2. The van der Waals surface area contributed by atoms with Crippen molar-refractivity contribution >= 4 is 89.2 Å². The van der Waals surface area contributed by atoms with Crippen LogP contribution in [0.2, 0.25) is 0 Å². The average molecular weight is 2070 g/mol. The van der Waals surface area contributed by atoms with Crippen LogP contribution in [0.4, 0.5) is 25.0 Å². The quantitative estimate of drug-likeness (QED) is 0.0128. The molecule has 41 nitrogen and oxygen atoms in total. The van der Waals surface area contributed by atoms with E-state index in [4.69, 9.17) is 82.9 Å². The number of rotatable bonds is 65. The Hall–Kier alpha value is -9.87. The number of ketones is 3. The van der Waals surface area contributed by atoms with E-state index < -0.39 is 144 Å². The molecule has 5 aliphatic carbocycles. The predicted octanol–water partition coefficient (Wildman–Crippen LogP) is 6.27. The van der Waals surface area contributed by atoms with Gasteiger partial charge in [0.25, 0.3) is 0 Å². The fourth-order valence-corrected chi connectivity index (χ4v) is 21.2. The molecule has 17 N–H and O–H groups in total. The Balaban J connectivity index is 0.633. The summed E-state index contributed by atoms with van der Waals surface area (Å²) in [5.41, 5.74) is 14.4. The summed E-state index contributed by atoms with van der Waals surface area (Å²) in [5.74, 6) is -1.29. The number of anilines is 2. The summed E-state index contributed by atoms with van der Waals surface area (Å²) in [7, 11) is -2.28. The Morgan fingerprint density at radius 1 is 0.678 bits per heavy atom. The SMILES string of the molecule is CCCC1O[C@@H]2C[C@H]3[C@@H]4C[C@H](F)C5=CC(=O)C=C[C@]5(C)[C@@]4(F)[C@@H](O)C[C@]3(C)[C@]2(C(=O)COc2ccc(NC(=O)[C@H](CCCNC(N)=O)CC(=O)[C@@H](NC(=O)[C@@H](CCCCNC(=O)COC3CCCCCC4=C3NNN4CCOCCOCCOCCOCCOCCP(=O)(O)O)NC(=O)CCOCCOCCOCCOCCNC(=O)CCC(=O)N3Cc4ccccc4/C(NC)=C(/NN)c4ccccc43)C(C)C)cc2)O1. The summed E-state index contributed by atoms with van der Waals surface area (Å²) >= 11 is 0. The number of Topliss-reactive ketones (excluding diaryl/α,β-unsaturated/α-hetero) is 2. The van der Waals surface area contributed by atoms with Gasteiger partial charge in [-0.05, 0) is 149 Å². The minimum Gasteiger partial charge on any atom is -0.486 e. The zero-order valence-corrected chi connectivity index (χ0v) is 85.6. The number of alkyl halides is 2. The lowest BCUT2D eigenvalue weighted by molar-refractivity contribution is -0.234. The highest BCUT2D eigenvalue weighted by Crippen LogP contribution is 2.72. The summed E-state index contributed by atoms with van der Waals surface area (Å²) in [6.45, 7) is 13.5. The van der Waals surface area contributed by atoms with Crippen LogP contribution in [0.15, 0.2) is 108 Å². The highest BCUT2D eigenvalue weighted by molar-refractivity contribution is 7.51. The fraction of sp³-hybridized carbons (Fsp3) is 0.647. The minimum atomic E-state index is -4.09. The molecule has 8 amide bonds. The van der Waals surface area contributed by atoms with Crippen LogP contribution in [0.1, 0.15) is 173 Å². The van der Waals surface area contributed by atoms with Crippen molar-refractivity contribution in [2.24, 2.45) is 46.1 Å². The maximum atomic E-state index is 18.2. The number of hydrazine groups is 3. The number of amides is 8. The number of allylic oxidation sites excluding steroid dienone is 5. The van der Waals surface area contributed by atoms with Gasteiger partial charge in [-0.3, -0.25) is 58.6 Å².